The number of allylic oxidation sites excluding steroid dienone is 14. The van der Waals surface area contributed by atoms with Gasteiger partial charge in [0, 0.05) is 36.1 Å². The maximum Gasteiger partial charge on any atom is 0.673 e. The Labute approximate surface area is 133 Å². The van der Waals surface area contributed by atoms with Crippen LogP contribution in [0, 0.1) is 18.3 Å². The molecular formula is C18H15BF4. The Kier molecular flexibility index (Phi) is 4.20. The standard InChI is InChI=1S/C18H15.BF4/c1-2-6-13-10-15-8-4-5-9-16-11-14(7-3-1)17(13)12-18(15)16;2-1(3,4)5/h1-11,17-18H,12H2;/q+1;-1. The summed E-state index contributed by atoms with van der Waals surface area (Å²) in [4.78, 5) is 0. The van der Waals surface area contributed by atoms with Crippen molar-refractivity contribution in [3.8, 4) is 0 Å². The molecule has 0 N–H and O–H groups in total. The normalized spacial score (nSPS) is 27.0. The van der Waals surface area contributed by atoms with Gasteiger partial charge >= 0.3 is 7.25 Å². The van der Waals surface area contributed by atoms with Gasteiger partial charge in [0.2, 0.25) is 0 Å². The van der Waals surface area contributed by atoms with Crippen molar-refractivity contribution in [3.05, 3.63) is 89.5 Å². The van der Waals surface area contributed by atoms with E-state index >= 15 is 0 Å². The molecule has 4 rings (SSSR count). The zero-order valence-electron chi connectivity index (χ0n) is 12.3. The van der Waals surface area contributed by atoms with Gasteiger partial charge < -0.3 is 17.3 Å². The zero-order valence-corrected chi connectivity index (χ0v) is 12.3. The molecule has 0 heterocycles. The minimum atomic E-state index is -6.00. The fourth-order valence-corrected chi connectivity index (χ4v) is 3.34. The van der Waals surface area contributed by atoms with Gasteiger partial charge in [-0.25, -0.2) is 0 Å². The molecule has 4 aliphatic rings. The second-order valence-electron chi connectivity index (χ2n) is 5.75. The molecule has 0 saturated carbocycles. The molecule has 0 aromatic rings. The van der Waals surface area contributed by atoms with E-state index in [4.69, 9.17) is 0 Å². The van der Waals surface area contributed by atoms with E-state index < -0.39 is 7.25 Å². The van der Waals surface area contributed by atoms with Gasteiger partial charge in [-0.15, -0.1) is 0 Å². The first kappa shape index (κ1) is 15.7. The lowest BCUT2D eigenvalue weighted by Gasteiger charge is -2.34. The van der Waals surface area contributed by atoms with Crippen LogP contribution in [0.15, 0.2) is 83.1 Å². The van der Waals surface area contributed by atoms with Gasteiger partial charge in [0.05, 0.1) is 12.0 Å². The SMILES string of the molecule is C1=C[CH+]C=C2C=C3C=CC=CC4=CC(=C1)C2CC43.F[B-](F)(F)F. The summed E-state index contributed by atoms with van der Waals surface area (Å²) in [6.45, 7) is 0. The van der Waals surface area contributed by atoms with E-state index in [0.717, 1.165) is 0 Å². The molecule has 0 aliphatic heterocycles. The van der Waals surface area contributed by atoms with Crippen molar-refractivity contribution in [2.75, 3.05) is 0 Å². The molecule has 2 bridgehead atoms. The van der Waals surface area contributed by atoms with Gasteiger partial charge in [-0.05, 0) is 29.2 Å². The van der Waals surface area contributed by atoms with E-state index in [-0.39, 0.29) is 0 Å². The minimum Gasteiger partial charge on any atom is -0.418 e. The molecule has 0 spiro atoms. The lowest BCUT2D eigenvalue weighted by molar-refractivity contribution is 0.368. The smallest absolute Gasteiger partial charge is 0.418 e. The van der Waals surface area contributed by atoms with Crippen LogP contribution < -0.4 is 0 Å². The molecule has 23 heavy (non-hydrogen) atoms. The molecule has 2 unspecified atom stereocenters. The fraction of sp³-hybridized carbons (Fsp3) is 0.167. The third-order valence-electron chi connectivity index (χ3n) is 4.24. The number of halogens is 4. The van der Waals surface area contributed by atoms with Gasteiger partial charge in [0.25, 0.3) is 0 Å². The highest BCUT2D eigenvalue weighted by Crippen LogP contribution is 2.47. The highest BCUT2D eigenvalue weighted by Gasteiger charge is 2.36. The predicted octanol–water partition coefficient (Wildman–Crippen LogP) is 5.54. The van der Waals surface area contributed by atoms with E-state index in [0.29, 0.717) is 11.8 Å². The molecule has 0 amide bonds. The van der Waals surface area contributed by atoms with Crippen LogP contribution in [-0.4, -0.2) is 7.25 Å². The van der Waals surface area contributed by atoms with Crippen LogP contribution in [-0.2, 0) is 0 Å². The van der Waals surface area contributed by atoms with Gasteiger partial charge in [0.1, 0.15) is 0 Å². The Morgan fingerprint density at radius 1 is 0.826 bits per heavy atom. The van der Waals surface area contributed by atoms with Crippen molar-refractivity contribution >= 4 is 7.25 Å². The number of hydrogen-bond donors (Lipinski definition) is 0. The van der Waals surface area contributed by atoms with Crippen LogP contribution in [0.1, 0.15) is 6.42 Å². The highest BCUT2D eigenvalue weighted by molar-refractivity contribution is 6.50. The maximum atomic E-state index is 9.75. The largest absolute Gasteiger partial charge is 0.673 e. The van der Waals surface area contributed by atoms with Gasteiger partial charge in [-0.2, -0.15) is 0 Å². The molecular weight excluding hydrogens is 303 g/mol. The topological polar surface area (TPSA) is 0 Å². The van der Waals surface area contributed by atoms with Crippen LogP contribution in [0.5, 0.6) is 0 Å². The average Bonchev–Trinajstić information content (AvgIpc) is 2.65. The molecule has 0 radical (unpaired) electrons. The van der Waals surface area contributed by atoms with Gasteiger partial charge in [-0.1, -0.05) is 30.4 Å². The summed E-state index contributed by atoms with van der Waals surface area (Å²) in [5.74, 6) is 1.19. The minimum absolute atomic E-state index is 0.587. The average molecular weight is 318 g/mol. The summed E-state index contributed by atoms with van der Waals surface area (Å²) in [7, 11) is -6.00. The lowest BCUT2D eigenvalue weighted by atomic mass is 9.67. The molecule has 0 saturated heterocycles. The Balaban J connectivity index is 0.000000276. The summed E-state index contributed by atoms with van der Waals surface area (Å²) in [5, 5.41) is 0. The van der Waals surface area contributed by atoms with Crippen molar-refractivity contribution in [3.63, 3.8) is 0 Å². The molecule has 2 atom stereocenters. The van der Waals surface area contributed by atoms with E-state index in [1.807, 2.05) is 0 Å². The summed E-state index contributed by atoms with van der Waals surface area (Å²) < 4.78 is 39.0. The third kappa shape index (κ3) is 3.78. The van der Waals surface area contributed by atoms with E-state index in [9.17, 15) is 17.3 Å². The number of rotatable bonds is 0. The van der Waals surface area contributed by atoms with E-state index in [2.05, 4.69) is 67.2 Å². The quantitative estimate of drug-likeness (QED) is 0.312. The number of hydrogen-bond acceptors (Lipinski definition) is 0. The van der Waals surface area contributed by atoms with Crippen molar-refractivity contribution in [1.82, 2.24) is 0 Å². The molecule has 0 aromatic carbocycles. The van der Waals surface area contributed by atoms with Crippen LogP contribution in [0.3, 0.4) is 0 Å². The van der Waals surface area contributed by atoms with E-state index in [1.54, 1.807) is 0 Å². The molecule has 4 aliphatic carbocycles. The molecule has 0 aromatic heterocycles. The van der Waals surface area contributed by atoms with Crippen molar-refractivity contribution in [2.24, 2.45) is 11.8 Å². The Morgan fingerprint density at radius 2 is 1.39 bits per heavy atom. The van der Waals surface area contributed by atoms with Crippen LogP contribution in [0.2, 0.25) is 0 Å². The summed E-state index contributed by atoms with van der Waals surface area (Å²) in [6.07, 6.45) is 25.8. The second kappa shape index (κ2) is 6.15. The van der Waals surface area contributed by atoms with Gasteiger partial charge in [-0.3, -0.25) is 0 Å². The first-order chi connectivity index (χ1) is 10.9. The fourth-order valence-electron chi connectivity index (χ4n) is 3.34. The van der Waals surface area contributed by atoms with Crippen LogP contribution in [0.25, 0.3) is 0 Å². The summed E-state index contributed by atoms with van der Waals surface area (Å²) >= 11 is 0. The highest BCUT2D eigenvalue weighted by atomic mass is 19.5. The van der Waals surface area contributed by atoms with Crippen LogP contribution >= 0.6 is 0 Å². The Morgan fingerprint density at radius 3 is 2.04 bits per heavy atom. The van der Waals surface area contributed by atoms with Crippen molar-refractivity contribution < 1.29 is 17.3 Å². The monoisotopic (exact) mass is 318 g/mol. The maximum absolute atomic E-state index is 9.75. The first-order valence-electron chi connectivity index (χ1n) is 7.49. The first-order valence-corrected chi connectivity index (χ1v) is 7.49. The molecule has 0 fully saturated rings. The zero-order chi connectivity index (χ0) is 16.4. The molecule has 5 heteroatoms. The summed E-state index contributed by atoms with van der Waals surface area (Å²) in [5.41, 5.74) is 5.84. The van der Waals surface area contributed by atoms with Crippen LogP contribution in [0.4, 0.5) is 17.3 Å². The summed E-state index contributed by atoms with van der Waals surface area (Å²) in [6, 6.07) is 0. The van der Waals surface area contributed by atoms with Crippen molar-refractivity contribution in [2.45, 2.75) is 6.42 Å². The second-order valence-corrected chi connectivity index (χ2v) is 5.75. The van der Waals surface area contributed by atoms with Gasteiger partial charge in [0.15, 0.2) is 0 Å². The Hall–Kier alpha value is -2.17. The Bertz CT molecular complexity index is 693. The molecule has 118 valence electrons. The predicted molar refractivity (Wildman–Crippen MR) is 85.8 cm³/mol. The van der Waals surface area contributed by atoms with Crippen molar-refractivity contribution in [1.29, 1.82) is 0 Å². The lowest BCUT2D eigenvalue weighted by Crippen LogP contribution is -2.24. The van der Waals surface area contributed by atoms with E-state index in [1.165, 1.54) is 28.7 Å². The molecule has 0 nitrogen and oxygen atoms in total. The third-order valence-corrected chi connectivity index (χ3v) is 4.24.